The maximum Gasteiger partial charge on any atom is 0.254 e. The number of para-hydroxylation sites is 1. The second kappa shape index (κ2) is 7.10. The van der Waals surface area contributed by atoms with Gasteiger partial charge in [-0.05, 0) is 29.7 Å². The average molecular weight is 321 g/mol. The molecule has 0 saturated carbocycles. The Labute approximate surface area is 140 Å². The van der Waals surface area contributed by atoms with Gasteiger partial charge in [0.25, 0.3) is 5.91 Å². The lowest BCUT2D eigenvalue weighted by Gasteiger charge is -2.08. The molecule has 0 aliphatic carbocycles. The monoisotopic (exact) mass is 321 g/mol. The van der Waals surface area contributed by atoms with Crippen molar-refractivity contribution in [3.05, 3.63) is 83.2 Å². The zero-order valence-corrected chi connectivity index (χ0v) is 13.4. The van der Waals surface area contributed by atoms with Crippen LogP contribution in [0.3, 0.4) is 0 Å². The van der Waals surface area contributed by atoms with Crippen LogP contribution in [-0.2, 0) is 13.2 Å². The minimum Gasteiger partial charge on any atom is -0.392 e. The zero-order valence-electron chi connectivity index (χ0n) is 13.4. The maximum absolute atomic E-state index is 12.3. The number of nitrogens with zero attached hydrogens (tertiary/aromatic N) is 2. The van der Waals surface area contributed by atoms with Crippen molar-refractivity contribution in [1.29, 1.82) is 0 Å². The molecule has 0 atom stereocenters. The largest absolute Gasteiger partial charge is 0.392 e. The molecule has 0 spiro atoms. The summed E-state index contributed by atoms with van der Waals surface area (Å²) in [5.41, 5.74) is 4.25. The van der Waals surface area contributed by atoms with E-state index < -0.39 is 0 Å². The van der Waals surface area contributed by atoms with Gasteiger partial charge in [0.2, 0.25) is 0 Å². The third-order valence-electron chi connectivity index (χ3n) is 3.94. The Hall–Kier alpha value is -2.92. The molecular formula is C19H19N3O2. The smallest absolute Gasteiger partial charge is 0.254 e. The quantitative estimate of drug-likeness (QED) is 0.759. The first kappa shape index (κ1) is 16.0. The van der Waals surface area contributed by atoms with E-state index in [0.717, 1.165) is 22.4 Å². The van der Waals surface area contributed by atoms with Gasteiger partial charge in [0, 0.05) is 12.7 Å². The van der Waals surface area contributed by atoms with Gasteiger partial charge in [-0.25, -0.2) is 4.68 Å². The molecule has 0 bridgehead atoms. The number of carbonyl (C=O) groups is 1. The van der Waals surface area contributed by atoms with Crippen LogP contribution in [-0.4, -0.2) is 20.8 Å². The standard InChI is InChI=1S/C19H19N3O2/c1-14-6-2-5-9-18(14)22-12-17(11-21-22)19(24)20-10-15-7-3-4-8-16(15)13-23/h2-9,11-12,23H,10,13H2,1H3,(H,20,24). The number of nitrogens with one attached hydrogen (secondary N) is 1. The normalized spacial score (nSPS) is 10.6. The van der Waals surface area contributed by atoms with Gasteiger partial charge in [0.15, 0.2) is 0 Å². The fourth-order valence-electron chi connectivity index (χ4n) is 2.55. The number of carbonyl (C=O) groups excluding carboxylic acids is 1. The van der Waals surface area contributed by atoms with Gasteiger partial charge in [-0.2, -0.15) is 5.10 Å². The van der Waals surface area contributed by atoms with Gasteiger partial charge >= 0.3 is 0 Å². The summed E-state index contributed by atoms with van der Waals surface area (Å²) in [6.07, 6.45) is 3.27. The third-order valence-corrected chi connectivity index (χ3v) is 3.94. The summed E-state index contributed by atoms with van der Waals surface area (Å²) in [5, 5.41) is 16.5. The summed E-state index contributed by atoms with van der Waals surface area (Å²) in [7, 11) is 0. The summed E-state index contributed by atoms with van der Waals surface area (Å²) < 4.78 is 1.70. The molecule has 1 amide bonds. The van der Waals surface area contributed by atoms with Gasteiger partial charge in [-0.3, -0.25) is 4.79 Å². The predicted molar refractivity (Wildman–Crippen MR) is 91.8 cm³/mol. The van der Waals surface area contributed by atoms with Crippen LogP contribution < -0.4 is 5.32 Å². The average Bonchev–Trinajstić information content (AvgIpc) is 3.10. The molecule has 0 fully saturated rings. The first-order valence-electron chi connectivity index (χ1n) is 7.75. The number of benzene rings is 2. The van der Waals surface area contributed by atoms with E-state index >= 15 is 0 Å². The summed E-state index contributed by atoms with van der Waals surface area (Å²) in [6, 6.07) is 15.4. The SMILES string of the molecule is Cc1ccccc1-n1cc(C(=O)NCc2ccccc2CO)cn1. The summed E-state index contributed by atoms with van der Waals surface area (Å²) >= 11 is 0. The van der Waals surface area contributed by atoms with Crippen molar-refractivity contribution in [2.75, 3.05) is 0 Å². The van der Waals surface area contributed by atoms with Crippen molar-refractivity contribution in [1.82, 2.24) is 15.1 Å². The molecule has 0 unspecified atom stereocenters. The first-order valence-corrected chi connectivity index (χ1v) is 7.75. The molecule has 5 heteroatoms. The van der Waals surface area contributed by atoms with E-state index in [4.69, 9.17) is 0 Å². The molecular weight excluding hydrogens is 302 g/mol. The van der Waals surface area contributed by atoms with E-state index in [-0.39, 0.29) is 12.5 Å². The topological polar surface area (TPSA) is 67.2 Å². The Kier molecular flexibility index (Phi) is 4.72. The number of rotatable bonds is 5. The van der Waals surface area contributed by atoms with E-state index in [1.54, 1.807) is 17.1 Å². The summed E-state index contributed by atoms with van der Waals surface area (Å²) in [5.74, 6) is -0.192. The van der Waals surface area contributed by atoms with E-state index in [9.17, 15) is 9.90 Å². The minimum absolute atomic E-state index is 0.0444. The molecule has 2 N–H and O–H groups in total. The molecule has 24 heavy (non-hydrogen) atoms. The van der Waals surface area contributed by atoms with Crippen molar-refractivity contribution in [2.45, 2.75) is 20.1 Å². The Morgan fingerprint density at radius 2 is 1.83 bits per heavy atom. The molecule has 3 aromatic rings. The van der Waals surface area contributed by atoms with E-state index in [1.807, 2.05) is 55.5 Å². The Morgan fingerprint density at radius 3 is 2.58 bits per heavy atom. The molecule has 5 nitrogen and oxygen atoms in total. The first-order chi connectivity index (χ1) is 11.7. The Morgan fingerprint density at radius 1 is 1.12 bits per heavy atom. The van der Waals surface area contributed by atoms with Crippen molar-refractivity contribution in [3.63, 3.8) is 0 Å². The summed E-state index contributed by atoms with van der Waals surface area (Å²) in [4.78, 5) is 12.3. The summed E-state index contributed by atoms with van der Waals surface area (Å²) in [6.45, 7) is 2.32. The molecule has 1 heterocycles. The molecule has 0 aliphatic rings. The third kappa shape index (κ3) is 3.36. The predicted octanol–water partition coefficient (Wildman–Crippen LogP) is 2.60. The fraction of sp³-hybridized carbons (Fsp3) is 0.158. The van der Waals surface area contributed by atoms with Crippen LogP contribution in [0, 0.1) is 6.92 Å². The molecule has 0 radical (unpaired) electrons. The van der Waals surface area contributed by atoms with E-state index in [0.29, 0.717) is 12.1 Å². The number of amides is 1. The number of aliphatic hydroxyl groups is 1. The lowest BCUT2D eigenvalue weighted by atomic mass is 10.1. The van der Waals surface area contributed by atoms with Crippen molar-refractivity contribution >= 4 is 5.91 Å². The van der Waals surface area contributed by atoms with Crippen molar-refractivity contribution in [3.8, 4) is 5.69 Å². The van der Waals surface area contributed by atoms with Crippen LogP contribution in [0.25, 0.3) is 5.69 Å². The highest BCUT2D eigenvalue weighted by Crippen LogP contribution is 2.13. The highest BCUT2D eigenvalue weighted by atomic mass is 16.3. The number of aliphatic hydroxyl groups excluding tert-OH is 1. The number of aromatic nitrogens is 2. The van der Waals surface area contributed by atoms with E-state index in [1.165, 1.54) is 0 Å². The second-order valence-corrected chi connectivity index (χ2v) is 5.57. The minimum atomic E-state index is -0.192. The van der Waals surface area contributed by atoms with Gasteiger partial charge in [-0.1, -0.05) is 42.5 Å². The van der Waals surface area contributed by atoms with Crippen LogP contribution in [0.4, 0.5) is 0 Å². The lowest BCUT2D eigenvalue weighted by molar-refractivity contribution is 0.0950. The van der Waals surface area contributed by atoms with Gasteiger partial charge in [-0.15, -0.1) is 0 Å². The number of hydrogen-bond donors (Lipinski definition) is 2. The number of aryl methyl sites for hydroxylation is 1. The fourth-order valence-corrected chi connectivity index (χ4v) is 2.55. The molecule has 1 aromatic heterocycles. The Bertz CT molecular complexity index is 855. The molecule has 122 valence electrons. The highest BCUT2D eigenvalue weighted by molar-refractivity contribution is 5.93. The van der Waals surface area contributed by atoms with Crippen molar-refractivity contribution < 1.29 is 9.90 Å². The van der Waals surface area contributed by atoms with Crippen LogP contribution in [0.2, 0.25) is 0 Å². The number of hydrogen-bond acceptors (Lipinski definition) is 3. The van der Waals surface area contributed by atoms with Crippen molar-refractivity contribution in [2.24, 2.45) is 0 Å². The molecule has 0 aliphatic heterocycles. The lowest BCUT2D eigenvalue weighted by Crippen LogP contribution is -2.23. The second-order valence-electron chi connectivity index (χ2n) is 5.57. The van der Waals surface area contributed by atoms with Gasteiger partial charge < -0.3 is 10.4 Å². The van der Waals surface area contributed by atoms with Crippen LogP contribution in [0.5, 0.6) is 0 Å². The van der Waals surface area contributed by atoms with Crippen LogP contribution >= 0.6 is 0 Å². The zero-order chi connectivity index (χ0) is 16.9. The molecule has 0 saturated heterocycles. The molecule has 3 rings (SSSR count). The maximum atomic E-state index is 12.3. The van der Waals surface area contributed by atoms with Crippen LogP contribution in [0.15, 0.2) is 60.9 Å². The van der Waals surface area contributed by atoms with E-state index in [2.05, 4.69) is 10.4 Å². The van der Waals surface area contributed by atoms with Crippen LogP contribution in [0.1, 0.15) is 27.0 Å². The van der Waals surface area contributed by atoms with Gasteiger partial charge in [0.05, 0.1) is 24.1 Å². The highest BCUT2D eigenvalue weighted by Gasteiger charge is 2.11. The molecule has 2 aromatic carbocycles. The Balaban J connectivity index is 1.71. The van der Waals surface area contributed by atoms with Gasteiger partial charge in [0.1, 0.15) is 0 Å².